The highest BCUT2D eigenvalue weighted by molar-refractivity contribution is 6.26. The molecule has 32 heavy (non-hydrogen) atoms. The molecule has 0 unspecified atom stereocenters. The van der Waals surface area contributed by atoms with Gasteiger partial charge in [-0.2, -0.15) is 21.0 Å². The van der Waals surface area contributed by atoms with Crippen molar-refractivity contribution < 1.29 is 0 Å². The fourth-order valence-corrected chi connectivity index (χ4v) is 4.80. The van der Waals surface area contributed by atoms with Gasteiger partial charge < -0.3 is 0 Å². The SMILES string of the molecule is Cc1cc2c3c(c(C)cc4c3c1-c1nc(C#N)c(C#N)nc1-4)-c1nc(C#N)c(C#N)nc1-2. The van der Waals surface area contributed by atoms with Gasteiger partial charge >= 0.3 is 0 Å². The zero-order valence-corrected chi connectivity index (χ0v) is 16.7. The van der Waals surface area contributed by atoms with E-state index < -0.39 is 0 Å². The summed E-state index contributed by atoms with van der Waals surface area (Å²) < 4.78 is 0. The zero-order chi connectivity index (χ0) is 22.3. The van der Waals surface area contributed by atoms with Gasteiger partial charge in [-0.1, -0.05) is 0 Å². The number of fused-ring (bicyclic) bond motifs is 6. The lowest BCUT2D eigenvalue weighted by atomic mass is 9.93. The summed E-state index contributed by atoms with van der Waals surface area (Å²) in [7, 11) is 0. The van der Waals surface area contributed by atoms with E-state index in [1.54, 1.807) is 0 Å². The molecule has 2 aliphatic rings. The molecule has 0 atom stereocenters. The molecule has 0 radical (unpaired) electrons. The Kier molecular flexibility index (Phi) is 3.15. The minimum Gasteiger partial charge on any atom is -0.232 e. The van der Waals surface area contributed by atoms with E-state index in [0.29, 0.717) is 22.8 Å². The molecule has 2 aromatic heterocycles. The van der Waals surface area contributed by atoms with Crippen LogP contribution < -0.4 is 0 Å². The molecule has 0 fully saturated rings. The lowest BCUT2D eigenvalue weighted by Crippen LogP contribution is -1.99. The molecular formula is C24H8N8. The Bertz CT molecular complexity index is 1650. The van der Waals surface area contributed by atoms with Crippen LogP contribution in [0.15, 0.2) is 12.1 Å². The predicted octanol–water partition coefficient (Wildman–Crippen LogP) is 3.82. The van der Waals surface area contributed by atoms with Crippen LogP contribution in [0.4, 0.5) is 0 Å². The van der Waals surface area contributed by atoms with Crippen molar-refractivity contribution in [2.75, 3.05) is 0 Å². The highest BCUT2D eigenvalue weighted by atomic mass is 14.9. The summed E-state index contributed by atoms with van der Waals surface area (Å²) in [5.74, 6) is 0. The first-order valence-corrected chi connectivity index (χ1v) is 9.59. The average molecular weight is 408 g/mol. The molecule has 2 aromatic carbocycles. The van der Waals surface area contributed by atoms with Crippen molar-refractivity contribution in [3.63, 3.8) is 0 Å². The first-order chi connectivity index (χ1) is 15.5. The summed E-state index contributed by atoms with van der Waals surface area (Å²) in [4.78, 5) is 18.0. The van der Waals surface area contributed by atoms with Crippen LogP contribution in [0.5, 0.6) is 0 Å². The van der Waals surface area contributed by atoms with Crippen molar-refractivity contribution in [1.82, 2.24) is 19.9 Å². The standard InChI is InChI=1S/C24H8N8/c1-9-3-11-20-18(24-21(11)29-14(6-26)16(8-28)32-24)10(2)4-12-19(20)17(9)23-22(12)30-13(5-25)15(7-27)31-23/h3-4H,1-2H3. The molecule has 2 heterocycles. The third-order valence-corrected chi connectivity index (χ3v) is 6.00. The van der Waals surface area contributed by atoms with Crippen LogP contribution in [0.3, 0.4) is 0 Å². The normalized spacial score (nSPS) is 11.3. The summed E-state index contributed by atoms with van der Waals surface area (Å²) in [5, 5.41) is 39.6. The number of nitrogens with zero attached hydrogens (tertiary/aromatic N) is 8. The van der Waals surface area contributed by atoms with Gasteiger partial charge in [-0.25, -0.2) is 19.9 Å². The van der Waals surface area contributed by atoms with Crippen LogP contribution in [-0.4, -0.2) is 19.9 Å². The number of benzene rings is 2. The van der Waals surface area contributed by atoms with Crippen LogP contribution >= 0.6 is 0 Å². The first-order valence-electron chi connectivity index (χ1n) is 9.59. The van der Waals surface area contributed by atoms with Crippen molar-refractivity contribution in [3.05, 3.63) is 46.0 Å². The molecule has 8 nitrogen and oxygen atoms in total. The molecule has 0 saturated carbocycles. The van der Waals surface area contributed by atoms with E-state index in [2.05, 4.69) is 19.9 Å². The summed E-state index contributed by atoms with van der Waals surface area (Å²) in [6.45, 7) is 3.88. The van der Waals surface area contributed by atoms with E-state index >= 15 is 0 Å². The number of hydrogen-bond acceptors (Lipinski definition) is 8. The van der Waals surface area contributed by atoms with Gasteiger partial charge in [0.15, 0.2) is 22.8 Å². The van der Waals surface area contributed by atoms with Crippen molar-refractivity contribution >= 4 is 10.8 Å². The highest BCUT2D eigenvalue weighted by Crippen LogP contribution is 2.56. The van der Waals surface area contributed by atoms with Gasteiger partial charge in [0.2, 0.25) is 0 Å². The summed E-state index contributed by atoms with van der Waals surface area (Å²) in [5.41, 5.74) is 7.44. The smallest absolute Gasteiger partial charge is 0.177 e. The van der Waals surface area contributed by atoms with E-state index in [-0.39, 0.29) is 22.8 Å². The zero-order valence-electron chi connectivity index (χ0n) is 16.7. The lowest BCUT2D eigenvalue weighted by Gasteiger charge is -2.10. The Morgan fingerprint density at radius 1 is 0.531 bits per heavy atom. The molecule has 8 heteroatoms. The van der Waals surface area contributed by atoms with Gasteiger partial charge in [-0.05, 0) is 37.1 Å². The van der Waals surface area contributed by atoms with Gasteiger partial charge in [0.05, 0.1) is 22.8 Å². The Morgan fingerprint density at radius 3 is 1.16 bits per heavy atom. The second-order valence-corrected chi connectivity index (χ2v) is 7.67. The van der Waals surface area contributed by atoms with Gasteiger partial charge in [0.1, 0.15) is 24.3 Å². The fourth-order valence-electron chi connectivity index (χ4n) is 4.80. The van der Waals surface area contributed by atoms with E-state index in [4.69, 9.17) is 0 Å². The number of aryl methyl sites for hydroxylation is 2. The molecular weight excluding hydrogens is 400 g/mol. The van der Waals surface area contributed by atoms with E-state index in [1.165, 1.54) is 0 Å². The van der Waals surface area contributed by atoms with Crippen LogP contribution in [-0.2, 0) is 0 Å². The van der Waals surface area contributed by atoms with E-state index in [1.807, 2.05) is 50.3 Å². The lowest BCUT2D eigenvalue weighted by molar-refractivity contribution is 1.14. The summed E-state index contributed by atoms with van der Waals surface area (Å²) in [6, 6.07) is 11.8. The molecule has 0 saturated heterocycles. The fraction of sp³-hybridized carbons (Fsp3) is 0.0833. The quantitative estimate of drug-likeness (QED) is 0.368. The summed E-state index contributed by atoms with van der Waals surface area (Å²) in [6.07, 6.45) is 0. The molecule has 6 rings (SSSR count). The Labute approximate surface area is 181 Å². The maximum atomic E-state index is 9.45. The van der Waals surface area contributed by atoms with Gasteiger partial charge in [0, 0.05) is 33.0 Å². The molecule has 4 aromatic rings. The topological polar surface area (TPSA) is 147 Å². The van der Waals surface area contributed by atoms with Crippen molar-refractivity contribution in [3.8, 4) is 69.3 Å². The van der Waals surface area contributed by atoms with E-state index in [9.17, 15) is 21.0 Å². The van der Waals surface area contributed by atoms with Crippen LogP contribution in [0, 0.1) is 59.2 Å². The molecule has 0 spiro atoms. The predicted molar refractivity (Wildman–Crippen MR) is 112 cm³/mol. The van der Waals surface area contributed by atoms with Gasteiger partial charge in [-0.15, -0.1) is 0 Å². The van der Waals surface area contributed by atoms with Crippen LogP contribution in [0.25, 0.3) is 55.8 Å². The number of hydrogen-bond donors (Lipinski definition) is 0. The minimum absolute atomic E-state index is 0.00792. The van der Waals surface area contributed by atoms with Crippen molar-refractivity contribution in [1.29, 1.82) is 21.0 Å². The van der Waals surface area contributed by atoms with Crippen LogP contribution in [0.2, 0.25) is 0 Å². The minimum atomic E-state index is -0.00868. The second kappa shape index (κ2) is 5.70. The number of aromatic nitrogens is 4. The molecule has 144 valence electrons. The van der Waals surface area contributed by atoms with E-state index in [0.717, 1.165) is 44.2 Å². The molecule has 0 amide bonds. The largest absolute Gasteiger partial charge is 0.232 e. The van der Waals surface area contributed by atoms with Gasteiger partial charge in [0.25, 0.3) is 0 Å². The second-order valence-electron chi connectivity index (χ2n) is 7.67. The number of rotatable bonds is 0. The Hall–Kier alpha value is -5.18. The first kappa shape index (κ1) is 17.7. The van der Waals surface area contributed by atoms with Gasteiger partial charge in [-0.3, -0.25) is 0 Å². The van der Waals surface area contributed by atoms with Crippen molar-refractivity contribution in [2.45, 2.75) is 13.8 Å². The molecule has 0 N–H and O–H groups in total. The van der Waals surface area contributed by atoms with Crippen LogP contribution in [0.1, 0.15) is 33.9 Å². The summed E-state index contributed by atoms with van der Waals surface area (Å²) >= 11 is 0. The molecule has 2 aliphatic carbocycles. The highest BCUT2D eigenvalue weighted by Gasteiger charge is 2.36. The number of nitriles is 4. The molecule has 0 bridgehead atoms. The average Bonchev–Trinajstić information content (AvgIpc) is 3.30. The third kappa shape index (κ3) is 1.87. The maximum Gasteiger partial charge on any atom is 0.177 e. The van der Waals surface area contributed by atoms with Crippen molar-refractivity contribution in [2.24, 2.45) is 0 Å². The maximum absolute atomic E-state index is 9.45. The monoisotopic (exact) mass is 408 g/mol. The Morgan fingerprint density at radius 2 is 0.844 bits per heavy atom. The third-order valence-electron chi connectivity index (χ3n) is 6.00. The molecule has 0 aliphatic heterocycles. The Balaban J connectivity index is 1.82.